The van der Waals surface area contributed by atoms with Crippen molar-refractivity contribution in [3.63, 3.8) is 0 Å². The molecule has 3 N–H and O–H groups in total. The number of para-hydroxylation sites is 1. The summed E-state index contributed by atoms with van der Waals surface area (Å²) in [6.07, 6.45) is 2.78. The van der Waals surface area contributed by atoms with E-state index in [9.17, 15) is 4.79 Å². The van der Waals surface area contributed by atoms with Gasteiger partial charge in [0.1, 0.15) is 6.04 Å². The molecule has 1 heterocycles. The van der Waals surface area contributed by atoms with E-state index in [-0.39, 0.29) is 17.5 Å². The average Bonchev–Trinajstić information content (AvgIpc) is 2.44. The van der Waals surface area contributed by atoms with Gasteiger partial charge >= 0.3 is 0 Å². The molecule has 2 rings (SSSR count). The largest absolute Gasteiger partial charge is 0.354 e. The summed E-state index contributed by atoms with van der Waals surface area (Å²) in [6.45, 7) is 8.79. The molecule has 1 aliphatic rings. The molecular formula is C17H27N3O. The third kappa shape index (κ3) is 2.91. The van der Waals surface area contributed by atoms with Crippen LogP contribution in [0.2, 0.25) is 0 Å². The molecule has 1 amide bonds. The van der Waals surface area contributed by atoms with Crippen LogP contribution in [0.4, 0.5) is 5.69 Å². The number of amides is 1. The Morgan fingerprint density at radius 3 is 2.76 bits per heavy atom. The number of hydrazine groups is 1. The number of nitrogens with zero attached hydrogens (tertiary/aromatic N) is 1. The van der Waals surface area contributed by atoms with Crippen LogP contribution in [0.5, 0.6) is 0 Å². The molecule has 0 radical (unpaired) electrons. The molecule has 2 atom stereocenters. The van der Waals surface area contributed by atoms with E-state index in [2.05, 4.69) is 56.2 Å². The molecule has 21 heavy (non-hydrogen) atoms. The van der Waals surface area contributed by atoms with Gasteiger partial charge in [-0.15, -0.1) is 0 Å². The number of nitrogens with two attached hydrogens (primary N) is 1. The molecule has 1 aromatic rings. The maximum Gasteiger partial charge on any atom is 0.256 e. The van der Waals surface area contributed by atoms with Crippen LogP contribution in [0.1, 0.15) is 58.4 Å². The maximum absolute atomic E-state index is 12.3. The van der Waals surface area contributed by atoms with Crippen molar-refractivity contribution in [2.75, 3.05) is 4.90 Å². The molecule has 0 bridgehead atoms. The fraction of sp³-hybridized carbons (Fsp3) is 0.588. The van der Waals surface area contributed by atoms with Crippen LogP contribution in [-0.4, -0.2) is 17.5 Å². The summed E-state index contributed by atoms with van der Waals surface area (Å²) in [7, 11) is 0. The Labute approximate surface area is 127 Å². The number of rotatable bonds is 4. The van der Waals surface area contributed by atoms with Gasteiger partial charge in [-0.05, 0) is 44.2 Å². The number of hydrogen-bond acceptors (Lipinski definition) is 3. The van der Waals surface area contributed by atoms with E-state index in [4.69, 9.17) is 5.84 Å². The Hall–Kier alpha value is -1.55. The Morgan fingerprint density at radius 2 is 2.14 bits per heavy atom. The average molecular weight is 289 g/mol. The number of hydrogen-bond donors (Lipinski definition) is 2. The van der Waals surface area contributed by atoms with E-state index in [1.807, 2.05) is 6.07 Å². The summed E-state index contributed by atoms with van der Waals surface area (Å²) in [5.41, 5.74) is 4.77. The van der Waals surface area contributed by atoms with Crippen LogP contribution in [0.15, 0.2) is 24.3 Å². The van der Waals surface area contributed by atoms with Gasteiger partial charge in [-0.25, -0.2) is 5.84 Å². The number of carbonyl (C=O) groups excluding carboxylic acids is 1. The van der Waals surface area contributed by atoms with Gasteiger partial charge in [0.05, 0.1) is 0 Å². The molecule has 0 fully saturated rings. The second-order valence-corrected chi connectivity index (χ2v) is 6.66. The Balaban J connectivity index is 2.52. The second kappa shape index (κ2) is 6.06. The summed E-state index contributed by atoms with van der Waals surface area (Å²) < 4.78 is 0. The topological polar surface area (TPSA) is 58.4 Å². The highest BCUT2D eigenvalue weighted by Crippen LogP contribution is 2.44. The summed E-state index contributed by atoms with van der Waals surface area (Å²) in [4.78, 5) is 14.6. The van der Waals surface area contributed by atoms with Crippen molar-refractivity contribution in [3.05, 3.63) is 29.8 Å². The normalized spacial score (nSPS) is 21.6. The fourth-order valence-corrected chi connectivity index (χ4v) is 3.74. The lowest BCUT2D eigenvalue weighted by molar-refractivity contribution is -0.123. The van der Waals surface area contributed by atoms with Crippen molar-refractivity contribution in [1.29, 1.82) is 0 Å². The monoisotopic (exact) mass is 289 g/mol. The first-order chi connectivity index (χ1) is 9.92. The van der Waals surface area contributed by atoms with E-state index in [1.165, 1.54) is 11.3 Å². The van der Waals surface area contributed by atoms with E-state index in [0.29, 0.717) is 5.92 Å². The van der Waals surface area contributed by atoms with Crippen LogP contribution in [-0.2, 0) is 4.79 Å². The lowest BCUT2D eigenvalue weighted by Gasteiger charge is -2.50. The zero-order valence-corrected chi connectivity index (χ0v) is 13.5. The van der Waals surface area contributed by atoms with E-state index in [0.717, 1.165) is 19.3 Å². The predicted octanol–water partition coefficient (Wildman–Crippen LogP) is 2.94. The van der Waals surface area contributed by atoms with Crippen molar-refractivity contribution >= 4 is 11.6 Å². The van der Waals surface area contributed by atoms with Crippen molar-refractivity contribution in [2.45, 2.75) is 64.5 Å². The molecule has 2 unspecified atom stereocenters. The first kappa shape index (κ1) is 15.8. The van der Waals surface area contributed by atoms with Gasteiger partial charge < -0.3 is 4.90 Å². The zero-order chi connectivity index (χ0) is 15.6. The Morgan fingerprint density at radius 1 is 1.48 bits per heavy atom. The first-order valence-corrected chi connectivity index (χ1v) is 7.81. The zero-order valence-electron chi connectivity index (χ0n) is 13.5. The van der Waals surface area contributed by atoms with Crippen molar-refractivity contribution < 1.29 is 4.79 Å². The van der Waals surface area contributed by atoms with Gasteiger partial charge in [0.15, 0.2) is 0 Å². The van der Waals surface area contributed by atoms with Gasteiger partial charge in [-0.3, -0.25) is 10.2 Å². The minimum absolute atomic E-state index is 0.0693. The second-order valence-electron chi connectivity index (χ2n) is 6.66. The Kier molecular flexibility index (Phi) is 4.57. The number of carbonyl (C=O) groups is 1. The first-order valence-electron chi connectivity index (χ1n) is 7.81. The van der Waals surface area contributed by atoms with Crippen molar-refractivity contribution in [2.24, 2.45) is 5.84 Å². The van der Waals surface area contributed by atoms with Crippen LogP contribution in [0, 0.1) is 0 Å². The lowest BCUT2D eigenvalue weighted by Crippen LogP contribution is -2.59. The third-order valence-corrected chi connectivity index (χ3v) is 4.50. The molecule has 0 saturated heterocycles. The molecule has 1 aromatic carbocycles. The van der Waals surface area contributed by atoms with Crippen molar-refractivity contribution in [1.82, 2.24) is 5.43 Å². The molecule has 4 heteroatoms. The lowest BCUT2D eigenvalue weighted by atomic mass is 9.78. The molecule has 0 spiro atoms. The number of nitrogens with one attached hydrogen (secondary N) is 1. The minimum Gasteiger partial charge on any atom is -0.354 e. The number of fused-ring (bicyclic) bond motifs is 1. The highest BCUT2D eigenvalue weighted by atomic mass is 16.2. The summed E-state index contributed by atoms with van der Waals surface area (Å²) in [5.74, 6) is 5.81. The van der Waals surface area contributed by atoms with Crippen LogP contribution in [0.25, 0.3) is 0 Å². The summed E-state index contributed by atoms with van der Waals surface area (Å²) in [6, 6.07) is 8.20. The smallest absolute Gasteiger partial charge is 0.256 e. The number of benzene rings is 1. The maximum atomic E-state index is 12.3. The summed E-state index contributed by atoms with van der Waals surface area (Å²) in [5, 5.41) is 0. The van der Waals surface area contributed by atoms with Crippen molar-refractivity contribution in [3.8, 4) is 0 Å². The van der Waals surface area contributed by atoms with Gasteiger partial charge in [0, 0.05) is 11.2 Å². The Bertz CT molecular complexity index is 513. The predicted molar refractivity (Wildman–Crippen MR) is 87.1 cm³/mol. The van der Waals surface area contributed by atoms with Crippen LogP contribution >= 0.6 is 0 Å². The molecule has 4 nitrogen and oxygen atoms in total. The van der Waals surface area contributed by atoms with Gasteiger partial charge in [0.25, 0.3) is 5.91 Å². The molecule has 0 aromatic heterocycles. The third-order valence-electron chi connectivity index (χ3n) is 4.50. The van der Waals surface area contributed by atoms with Crippen LogP contribution < -0.4 is 16.2 Å². The number of anilines is 1. The highest BCUT2D eigenvalue weighted by Gasteiger charge is 2.41. The standard InChI is InChI=1S/C17H27N3O/c1-5-8-15(16(21)19-18)20-14-10-7-6-9-13(14)12(2)11-17(20,3)4/h6-7,9-10,12,15H,5,8,11,18H2,1-4H3,(H,19,21). The van der Waals surface area contributed by atoms with Gasteiger partial charge in [-0.2, -0.15) is 0 Å². The van der Waals surface area contributed by atoms with E-state index >= 15 is 0 Å². The van der Waals surface area contributed by atoms with Gasteiger partial charge in [-0.1, -0.05) is 38.5 Å². The molecule has 116 valence electrons. The SMILES string of the molecule is CCCC(C(=O)NN)N1c2ccccc2C(C)CC1(C)C. The van der Waals surface area contributed by atoms with E-state index in [1.54, 1.807) is 0 Å². The highest BCUT2D eigenvalue weighted by molar-refractivity contribution is 5.86. The van der Waals surface area contributed by atoms with Crippen LogP contribution in [0.3, 0.4) is 0 Å². The summed E-state index contributed by atoms with van der Waals surface area (Å²) >= 11 is 0. The fourth-order valence-electron chi connectivity index (χ4n) is 3.74. The quantitative estimate of drug-likeness (QED) is 0.509. The minimum atomic E-state index is -0.219. The molecular weight excluding hydrogens is 262 g/mol. The molecule has 0 aliphatic carbocycles. The molecule has 1 aliphatic heterocycles. The van der Waals surface area contributed by atoms with E-state index < -0.39 is 0 Å². The van der Waals surface area contributed by atoms with Gasteiger partial charge in [0.2, 0.25) is 0 Å². The molecule has 0 saturated carbocycles.